The number of pyridine rings is 1. The van der Waals surface area contributed by atoms with Crippen molar-refractivity contribution in [3.8, 4) is 0 Å². The van der Waals surface area contributed by atoms with E-state index in [1.54, 1.807) is 11.1 Å². The van der Waals surface area contributed by atoms with E-state index in [1.165, 1.54) is 5.56 Å². The Morgan fingerprint density at radius 1 is 1.45 bits per heavy atom. The van der Waals surface area contributed by atoms with Gasteiger partial charge in [0.05, 0.1) is 6.10 Å². The molecule has 0 bridgehead atoms. The molecule has 0 unspecified atom stereocenters. The molecule has 1 aromatic heterocycles. The molecule has 5 nitrogen and oxygen atoms in total. The summed E-state index contributed by atoms with van der Waals surface area (Å²) in [5.41, 5.74) is 1.24. The van der Waals surface area contributed by atoms with E-state index in [4.69, 9.17) is 4.74 Å². The number of carbonyl (C=O) groups excluding carboxylic acids is 1. The van der Waals surface area contributed by atoms with E-state index in [2.05, 4.69) is 16.0 Å². The number of hydrogen-bond donors (Lipinski definition) is 0. The van der Waals surface area contributed by atoms with E-state index in [1.807, 2.05) is 19.3 Å². The number of rotatable bonds is 2. The fourth-order valence-corrected chi connectivity index (χ4v) is 3.12. The lowest BCUT2D eigenvalue weighted by molar-refractivity contribution is -0.133. The Bertz CT molecular complexity index is 465. The minimum Gasteiger partial charge on any atom is -0.368 e. The maximum atomic E-state index is 11.7. The van der Waals surface area contributed by atoms with Gasteiger partial charge in [-0.25, -0.2) is 0 Å². The largest absolute Gasteiger partial charge is 0.368 e. The minimum atomic E-state index is 0.0956. The third kappa shape index (κ3) is 2.99. The van der Waals surface area contributed by atoms with Crippen LogP contribution in [0.15, 0.2) is 24.5 Å². The van der Waals surface area contributed by atoms with Crippen LogP contribution in [-0.2, 0) is 16.1 Å². The summed E-state index contributed by atoms with van der Waals surface area (Å²) in [5, 5.41) is 0. The highest BCUT2D eigenvalue weighted by Gasteiger charge is 2.34. The number of fused-ring (bicyclic) bond motifs is 1. The fraction of sp³-hybridized carbons (Fsp3) is 0.600. The number of ether oxygens (including phenoxy) is 1. The highest BCUT2D eigenvalue weighted by atomic mass is 16.5. The summed E-state index contributed by atoms with van der Waals surface area (Å²) in [7, 11) is 1.87. The SMILES string of the molecule is CN1C[C@H]2CN(Cc3cccnc3)CC[C@@H]2OCC1=O. The normalized spacial score (nSPS) is 28.1. The molecule has 108 valence electrons. The molecule has 2 fully saturated rings. The predicted molar refractivity (Wildman–Crippen MR) is 75.0 cm³/mol. The molecule has 1 aromatic rings. The van der Waals surface area contributed by atoms with Crippen LogP contribution in [0.3, 0.4) is 0 Å². The molecular formula is C15H21N3O2. The summed E-state index contributed by atoms with van der Waals surface area (Å²) in [4.78, 5) is 20.1. The van der Waals surface area contributed by atoms with E-state index in [0.717, 1.165) is 32.6 Å². The molecule has 5 heteroatoms. The van der Waals surface area contributed by atoms with Gasteiger partial charge in [0.25, 0.3) is 0 Å². The molecule has 1 amide bonds. The second-order valence-electron chi connectivity index (χ2n) is 5.77. The number of likely N-dealkylation sites (N-methyl/N-ethyl adjacent to an activating group) is 1. The topological polar surface area (TPSA) is 45.7 Å². The van der Waals surface area contributed by atoms with Crippen LogP contribution in [0, 0.1) is 5.92 Å². The number of hydrogen-bond acceptors (Lipinski definition) is 4. The van der Waals surface area contributed by atoms with Crippen molar-refractivity contribution in [2.45, 2.75) is 19.1 Å². The third-order valence-electron chi connectivity index (χ3n) is 4.23. The first kappa shape index (κ1) is 13.5. The Morgan fingerprint density at radius 3 is 3.15 bits per heavy atom. The van der Waals surface area contributed by atoms with Gasteiger partial charge in [0.1, 0.15) is 6.61 Å². The van der Waals surface area contributed by atoms with Crippen molar-refractivity contribution in [1.82, 2.24) is 14.8 Å². The fourth-order valence-electron chi connectivity index (χ4n) is 3.12. The van der Waals surface area contributed by atoms with Gasteiger partial charge >= 0.3 is 0 Å². The van der Waals surface area contributed by atoms with Crippen LogP contribution < -0.4 is 0 Å². The van der Waals surface area contributed by atoms with Gasteiger partial charge in [0.2, 0.25) is 5.91 Å². The maximum Gasteiger partial charge on any atom is 0.248 e. The first-order valence-corrected chi connectivity index (χ1v) is 7.19. The monoisotopic (exact) mass is 275 g/mol. The molecule has 2 atom stereocenters. The second kappa shape index (κ2) is 5.89. The summed E-state index contributed by atoms with van der Waals surface area (Å²) in [6.07, 6.45) is 4.96. The Hall–Kier alpha value is -1.46. The molecule has 0 aromatic carbocycles. The summed E-state index contributed by atoms with van der Waals surface area (Å²) in [6, 6.07) is 4.08. The van der Waals surface area contributed by atoms with Crippen LogP contribution in [0.2, 0.25) is 0 Å². The van der Waals surface area contributed by atoms with Gasteiger partial charge in [-0.15, -0.1) is 0 Å². The summed E-state index contributed by atoms with van der Waals surface area (Å²) >= 11 is 0. The van der Waals surface area contributed by atoms with Crippen molar-refractivity contribution in [3.63, 3.8) is 0 Å². The molecule has 0 spiro atoms. The summed E-state index contributed by atoms with van der Waals surface area (Å²) < 4.78 is 5.76. The zero-order valence-corrected chi connectivity index (χ0v) is 11.9. The molecule has 20 heavy (non-hydrogen) atoms. The van der Waals surface area contributed by atoms with E-state index in [0.29, 0.717) is 5.92 Å². The number of carbonyl (C=O) groups is 1. The number of piperidine rings is 1. The maximum absolute atomic E-state index is 11.7. The molecule has 0 N–H and O–H groups in total. The van der Waals surface area contributed by atoms with Crippen LogP contribution >= 0.6 is 0 Å². The molecule has 0 saturated carbocycles. The van der Waals surface area contributed by atoms with E-state index >= 15 is 0 Å². The Kier molecular flexibility index (Phi) is 3.98. The van der Waals surface area contributed by atoms with Gasteiger partial charge in [-0.3, -0.25) is 14.7 Å². The highest BCUT2D eigenvalue weighted by Crippen LogP contribution is 2.24. The smallest absolute Gasteiger partial charge is 0.248 e. The number of aromatic nitrogens is 1. The standard InChI is InChI=1S/C15H21N3O2/c1-17-9-13-10-18(8-12-3-2-5-16-7-12)6-4-14(13)20-11-15(17)19/h2-3,5,7,13-14H,4,6,8-11H2,1H3/t13-,14-/m0/s1. The second-order valence-corrected chi connectivity index (χ2v) is 5.77. The van der Waals surface area contributed by atoms with Gasteiger partial charge < -0.3 is 9.64 Å². The molecule has 2 saturated heterocycles. The summed E-state index contributed by atoms with van der Waals surface area (Å²) in [5.74, 6) is 0.509. The first-order chi connectivity index (χ1) is 9.72. The zero-order valence-electron chi connectivity index (χ0n) is 11.9. The van der Waals surface area contributed by atoms with E-state index in [-0.39, 0.29) is 18.6 Å². The number of amides is 1. The third-order valence-corrected chi connectivity index (χ3v) is 4.23. The molecule has 2 aliphatic rings. The lowest BCUT2D eigenvalue weighted by atomic mass is 9.94. The predicted octanol–water partition coefficient (Wildman–Crippen LogP) is 0.761. The quantitative estimate of drug-likeness (QED) is 0.799. The zero-order chi connectivity index (χ0) is 13.9. The van der Waals surface area contributed by atoms with Crippen molar-refractivity contribution >= 4 is 5.91 Å². The van der Waals surface area contributed by atoms with Gasteiger partial charge in [-0.05, 0) is 18.1 Å². The number of nitrogens with zero attached hydrogens (tertiary/aromatic N) is 3. The van der Waals surface area contributed by atoms with E-state index in [9.17, 15) is 4.79 Å². The Balaban J connectivity index is 1.63. The molecular weight excluding hydrogens is 254 g/mol. The van der Waals surface area contributed by atoms with Gasteiger partial charge in [-0.2, -0.15) is 0 Å². The van der Waals surface area contributed by atoms with Gasteiger partial charge in [0, 0.05) is 51.5 Å². The van der Waals surface area contributed by atoms with E-state index < -0.39 is 0 Å². The summed E-state index contributed by atoms with van der Waals surface area (Å²) in [6.45, 7) is 3.97. The number of likely N-dealkylation sites (tertiary alicyclic amines) is 1. The first-order valence-electron chi connectivity index (χ1n) is 7.19. The lowest BCUT2D eigenvalue weighted by Crippen LogP contribution is -2.46. The molecule has 0 aliphatic carbocycles. The molecule has 3 heterocycles. The van der Waals surface area contributed by atoms with Gasteiger partial charge in [0.15, 0.2) is 0 Å². The van der Waals surface area contributed by atoms with Crippen LogP contribution in [-0.4, -0.2) is 60.1 Å². The molecule has 0 radical (unpaired) electrons. The van der Waals surface area contributed by atoms with Crippen molar-refractivity contribution < 1.29 is 9.53 Å². The highest BCUT2D eigenvalue weighted by molar-refractivity contribution is 5.77. The van der Waals surface area contributed by atoms with Crippen LogP contribution in [0.1, 0.15) is 12.0 Å². The van der Waals surface area contributed by atoms with Crippen LogP contribution in [0.5, 0.6) is 0 Å². The average Bonchev–Trinajstić information content (AvgIpc) is 2.60. The van der Waals surface area contributed by atoms with Crippen molar-refractivity contribution in [2.24, 2.45) is 5.92 Å². The van der Waals surface area contributed by atoms with Crippen molar-refractivity contribution in [1.29, 1.82) is 0 Å². The minimum absolute atomic E-state index is 0.0956. The van der Waals surface area contributed by atoms with Crippen LogP contribution in [0.25, 0.3) is 0 Å². The average molecular weight is 275 g/mol. The Labute approximate surface area is 119 Å². The van der Waals surface area contributed by atoms with Gasteiger partial charge in [-0.1, -0.05) is 6.07 Å². The molecule has 2 aliphatic heterocycles. The molecule has 3 rings (SSSR count). The van der Waals surface area contributed by atoms with Crippen LogP contribution in [0.4, 0.5) is 0 Å². The Morgan fingerprint density at radius 2 is 2.35 bits per heavy atom. The van der Waals surface area contributed by atoms with Crippen molar-refractivity contribution in [3.05, 3.63) is 30.1 Å². The lowest BCUT2D eigenvalue weighted by Gasteiger charge is -2.37. The van der Waals surface area contributed by atoms with Crippen molar-refractivity contribution in [2.75, 3.05) is 33.3 Å².